The molecule has 4 rings (SSSR count). The Labute approximate surface area is 227 Å². The fourth-order valence-electron chi connectivity index (χ4n) is 4.53. The third-order valence-electron chi connectivity index (χ3n) is 6.46. The SMILES string of the molecule is CCc1ccccc1NC(=O)CSC1=C(C#N)[C@H](c2ccco2)C(C(=O)Nc2c(C)cccc2C)=C(C)N1. The number of nitrogens with zero attached hydrogens (tertiary/aromatic N) is 1. The smallest absolute Gasteiger partial charge is 0.254 e. The van der Waals surface area contributed by atoms with Crippen molar-refractivity contribution in [2.45, 2.75) is 40.0 Å². The summed E-state index contributed by atoms with van der Waals surface area (Å²) >= 11 is 1.22. The number of anilines is 2. The summed E-state index contributed by atoms with van der Waals surface area (Å²) in [6.45, 7) is 7.70. The molecule has 3 aromatic rings. The standard InChI is InChI=1S/C30H30N4O3S/c1-5-21-12-6-7-13-23(21)33-25(35)17-38-30-22(16-31)27(24-14-9-15-37-24)26(20(4)32-30)29(36)34-28-18(2)10-8-11-19(28)3/h6-15,27,32H,5,17H2,1-4H3,(H,33,35)(H,34,36)/t27-/m1/s1. The Morgan fingerprint density at radius 2 is 1.76 bits per heavy atom. The maximum absolute atomic E-state index is 13.6. The van der Waals surface area contributed by atoms with Crippen LogP contribution in [0.25, 0.3) is 0 Å². The predicted molar refractivity (Wildman–Crippen MR) is 151 cm³/mol. The van der Waals surface area contributed by atoms with Gasteiger partial charge in [-0.25, -0.2) is 0 Å². The number of rotatable bonds is 8. The molecule has 2 heterocycles. The van der Waals surface area contributed by atoms with E-state index >= 15 is 0 Å². The molecule has 2 aromatic carbocycles. The Morgan fingerprint density at radius 1 is 1.03 bits per heavy atom. The van der Waals surface area contributed by atoms with E-state index in [1.807, 2.05) is 63.2 Å². The molecule has 38 heavy (non-hydrogen) atoms. The van der Waals surface area contributed by atoms with E-state index in [4.69, 9.17) is 4.42 Å². The van der Waals surface area contributed by atoms with Crippen LogP contribution in [0.15, 0.2) is 87.1 Å². The zero-order valence-corrected chi connectivity index (χ0v) is 22.7. The molecule has 0 fully saturated rings. The summed E-state index contributed by atoms with van der Waals surface area (Å²) in [5, 5.41) is 19.9. The fourth-order valence-corrected chi connectivity index (χ4v) is 5.43. The molecule has 194 valence electrons. The number of carbonyl (C=O) groups is 2. The number of nitriles is 1. The van der Waals surface area contributed by atoms with Crippen LogP contribution in [0.1, 0.15) is 42.2 Å². The van der Waals surface area contributed by atoms with E-state index in [-0.39, 0.29) is 17.6 Å². The van der Waals surface area contributed by atoms with Gasteiger partial charge in [-0.2, -0.15) is 5.26 Å². The Hall–Kier alpha value is -4.22. The first-order valence-electron chi connectivity index (χ1n) is 12.4. The second kappa shape index (κ2) is 11.9. The summed E-state index contributed by atoms with van der Waals surface area (Å²) in [5.74, 6) is -0.648. The van der Waals surface area contributed by atoms with Crippen LogP contribution in [0.5, 0.6) is 0 Å². The van der Waals surface area contributed by atoms with Crippen LogP contribution < -0.4 is 16.0 Å². The first-order valence-corrected chi connectivity index (χ1v) is 13.4. The lowest BCUT2D eigenvalue weighted by molar-refractivity contribution is -0.114. The zero-order valence-electron chi connectivity index (χ0n) is 21.8. The van der Waals surface area contributed by atoms with E-state index < -0.39 is 5.92 Å². The van der Waals surface area contributed by atoms with Crippen molar-refractivity contribution in [1.82, 2.24) is 5.32 Å². The predicted octanol–water partition coefficient (Wildman–Crippen LogP) is 6.17. The van der Waals surface area contributed by atoms with Crippen LogP contribution in [0, 0.1) is 25.2 Å². The molecule has 0 saturated carbocycles. The average molecular weight is 527 g/mol. The summed E-state index contributed by atoms with van der Waals surface area (Å²) in [4.78, 5) is 26.4. The van der Waals surface area contributed by atoms with E-state index in [1.54, 1.807) is 19.1 Å². The monoisotopic (exact) mass is 526 g/mol. The van der Waals surface area contributed by atoms with Crippen molar-refractivity contribution in [1.29, 1.82) is 5.26 Å². The van der Waals surface area contributed by atoms with E-state index in [2.05, 4.69) is 22.0 Å². The maximum Gasteiger partial charge on any atom is 0.254 e. The number of amides is 2. The molecule has 8 heteroatoms. The first kappa shape index (κ1) is 26.8. The van der Waals surface area contributed by atoms with Gasteiger partial charge in [0.1, 0.15) is 5.76 Å². The maximum atomic E-state index is 13.6. The lowest BCUT2D eigenvalue weighted by atomic mass is 9.85. The number of dihydropyridines is 1. The molecule has 1 aliphatic rings. The van der Waals surface area contributed by atoms with E-state index in [0.717, 1.165) is 34.5 Å². The molecule has 1 aliphatic heterocycles. The number of hydrogen-bond donors (Lipinski definition) is 3. The molecular formula is C30H30N4O3S. The highest BCUT2D eigenvalue weighted by molar-refractivity contribution is 8.03. The summed E-state index contributed by atoms with van der Waals surface area (Å²) in [6.07, 6.45) is 2.32. The molecule has 3 N–H and O–H groups in total. The average Bonchev–Trinajstić information content (AvgIpc) is 3.44. The van der Waals surface area contributed by atoms with Crippen LogP contribution in [-0.4, -0.2) is 17.6 Å². The van der Waals surface area contributed by atoms with Crippen LogP contribution in [-0.2, 0) is 16.0 Å². The van der Waals surface area contributed by atoms with Crippen molar-refractivity contribution in [2.24, 2.45) is 0 Å². The lowest BCUT2D eigenvalue weighted by Gasteiger charge is -2.28. The number of allylic oxidation sites excluding steroid dienone is 2. The first-order chi connectivity index (χ1) is 18.3. The molecule has 0 saturated heterocycles. The van der Waals surface area contributed by atoms with Gasteiger partial charge >= 0.3 is 0 Å². The summed E-state index contributed by atoms with van der Waals surface area (Å²) in [5.41, 5.74) is 5.76. The normalized spacial score (nSPS) is 15.1. The molecular weight excluding hydrogens is 496 g/mol. The Bertz CT molecular complexity index is 1440. The number of nitrogens with one attached hydrogen (secondary N) is 3. The number of furan rings is 1. The highest BCUT2D eigenvalue weighted by atomic mass is 32.2. The Morgan fingerprint density at radius 3 is 2.42 bits per heavy atom. The van der Waals surface area contributed by atoms with E-state index in [9.17, 15) is 14.9 Å². The third-order valence-corrected chi connectivity index (χ3v) is 7.48. The van der Waals surface area contributed by atoms with Gasteiger partial charge in [-0.05, 0) is 62.1 Å². The summed E-state index contributed by atoms with van der Waals surface area (Å²) in [7, 11) is 0. The molecule has 0 aliphatic carbocycles. The van der Waals surface area contributed by atoms with Gasteiger partial charge in [-0.15, -0.1) is 0 Å². The quantitative estimate of drug-likeness (QED) is 0.324. The minimum atomic E-state index is -0.716. The van der Waals surface area contributed by atoms with Gasteiger partial charge < -0.3 is 20.4 Å². The summed E-state index contributed by atoms with van der Waals surface area (Å²) in [6, 6.07) is 19.2. The van der Waals surface area contributed by atoms with E-state index in [1.165, 1.54) is 18.0 Å². The number of hydrogen-bond acceptors (Lipinski definition) is 6. The Balaban J connectivity index is 1.60. The molecule has 1 atom stereocenters. The fraction of sp³-hybridized carbons (Fsp3) is 0.233. The number of benzene rings is 2. The van der Waals surface area contributed by atoms with Gasteiger partial charge in [0.05, 0.1) is 40.2 Å². The van der Waals surface area contributed by atoms with Gasteiger partial charge in [0.15, 0.2) is 0 Å². The molecule has 2 amide bonds. The van der Waals surface area contributed by atoms with Gasteiger partial charge in [-0.1, -0.05) is 55.1 Å². The second-order valence-corrected chi connectivity index (χ2v) is 10.0. The van der Waals surface area contributed by atoms with Crippen molar-refractivity contribution in [3.63, 3.8) is 0 Å². The molecule has 7 nitrogen and oxygen atoms in total. The van der Waals surface area contributed by atoms with Gasteiger partial charge in [-0.3, -0.25) is 9.59 Å². The van der Waals surface area contributed by atoms with Crippen molar-refractivity contribution in [2.75, 3.05) is 16.4 Å². The number of aryl methyl sites for hydroxylation is 3. The van der Waals surface area contributed by atoms with Gasteiger partial charge in [0.2, 0.25) is 5.91 Å². The van der Waals surface area contributed by atoms with Crippen molar-refractivity contribution < 1.29 is 14.0 Å². The molecule has 1 aromatic heterocycles. The van der Waals surface area contributed by atoms with Crippen LogP contribution in [0.2, 0.25) is 0 Å². The second-order valence-electron chi connectivity index (χ2n) is 9.04. The topological polar surface area (TPSA) is 107 Å². The molecule has 0 unspecified atom stereocenters. The van der Waals surface area contributed by atoms with Crippen molar-refractivity contribution in [3.8, 4) is 6.07 Å². The highest BCUT2D eigenvalue weighted by Crippen LogP contribution is 2.41. The minimum absolute atomic E-state index is 0.0909. The zero-order chi connectivity index (χ0) is 27.2. The van der Waals surface area contributed by atoms with Crippen LogP contribution in [0.4, 0.5) is 11.4 Å². The summed E-state index contributed by atoms with van der Waals surface area (Å²) < 4.78 is 5.69. The molecule has 0 bridgehead atoms. The van der Waals surface area contributed by atoms with Gasteiger partial charge in [0, 0.05) is 17.1 Å². The van der Waals surface area contributed by atoms with E-state index in [0.29, 0.717) is 27.6 Å². The van der Waals surface area contributed by atoms with Crippen LogP contribution >= 0.6 is 11.8 Å². The largest absolute Gasteiger partial charge is 0.468 e. The third kappa shape index (κ3) is 5.68. The van der Waals surface area contributed by atoms with Crippen molar-refractivity contribution in [3.05, 3.63) is 105 Å². The molecule has 0 radical (unpaired) electrons. The lowest BCUT2D eigenvalue weighted by Crippen LogP contribution is -2.31. The number of thioether (sulfide) groups is 1. The van der Waals surface area contributed by atoms with Crippen LogP contribution in [0.3, 0.4) is 0 Å². The Kier molecular flexibility index (Phi) is 8.39. The number of carbonyl (C=O) groups excluding carboxylic acids is 2. The van der Waals surface area contributed by atoms with Gasteiger partial charge in [0.25, 0.3) is 5.91 Å². The number of para-hydroxylation sites is 2. The minimum Gasteiger partial charge on any atom is -0.468 e. The molecule has 0 spiro atoms. The van der Waals surface area contributed by atoms with Crippen molar-refractivity contribution >= 4 is 35.0 Å². The highest BCUT2D eigenvalue weighted by Gasteiger charge is 2.36.